The molecular weight excluding hydrogens is 236 g/mol. The monoisotopic (exact) mass is 247 g/mol. The van der Waals surface area contributed by atoms with E-state index in [1.165, 1.54) is 6.07 Å². The summed E-state index contributed by atoms with van der Waals surface area (Å²) in [6.07, 6.45) is -0.000824. The second kappa shape index (κ2) is 3.73. The highest BCUT2D eigenvalue weighted by Crippen LogP contribution is 2.45. The molecule has 6 heteroatoms. The first-order valence-corrected chi connectivity index (χ1v) is 5.36. The molecular formula is C10H12ClF2N3. The number of aromatic nitrogens is 1. The molecule has 0 radical (unpaired) electrons. The van der Waals surface area contributed by atoms with E-state index in [0.717, 1.165) is 0 Å². The lowest BCUT2D eigenvalue weighted by atomic mass is 10.0. The maximum Gasteiger partial charge on any atom is 0.248 e. The zero-order valence-corrected chi connectivity index (χ0v) is 9.27. The van der Waals surface area contributed by atoms with E-state index in [0.29, 0.717) is 17.8 Å². The highest BCUT2D eigenvalue weighted by atomic mass is 35.5. The largest absolute Gasteiger partial charge is 0.397 e. The number of hydrogen-bond donors (Lipinski definition) is 2. The molecule has 0 aliphatic heterocycles. The van der Waals surface area contributed by atoms with Gasteiger partial charge in [0.25, 0.3) is 0 Å². The molecule has 2 rings (SSSR count). The number of anilines is 2. The molecule has 1 aliphatic carbocycles. The SMILES string of the molecule is Nc1cc(Cl)nc(C2CCC(F)(F)C2)c1N. The third-order valence-corrected chi connectivity index (χ3v) is 3.07. The Morgan fingerprint density at radius 1 is 1.44 bits per heavy atom. The number of rotatable bonds is 1. The third-order valence-electron chi connectivity index (χ3n) is 2.88. The number of alkyl halides is 2. The Balaban J connectivity index is 2.35. The molecule has 0 spiro atoms. The van der Waals surface area contributed by atoms with Gasteiger partial charge in [-0.05, 0) is 6.42 Å². The standard InChI is InChI=1S/C10H12ClF2N3/c11-7-3-6(14)8(15)9(16-7)5-1-2-10(12,13)4-5/h3,5H,1-2,4,15H2,(H2,14,16). The topological polar surface area (TPSA) is 64.9 Å². The van der Waals surface area contributed by atoms with Gasteiger partial charge in [0.2, 0.25) is 5.92 Å². The Hall–Kier alpha value is -1.10. The fourth-order valence-corrected chi connectivity index (χ4v) is 2.26. The molecule has 1 heterocycles. The van der Waals surface area contributed by atoms with Crippen LogP contribution in [0.15, 0.2) is 6.07 Å². The van der Waals surface area contributed by atoms with Crippen molar-refractivity contribution in [3.63, 3.8) is 0 Å². The van der Waals surface area contributed by atoms with Gasteiger partial charge in [-0.1, -0.05) is 11.6 Å². The van der Waals surface area contributed by atoms with Crippen LogP contribution < -0.4 is 11.5 Å². The highest BCUT2D eigenvalue weighted by molar-refractivity contribution is 6.29. The van der Waals surface area contributed by atoms with E-state index >= 15 is 0 Å². The Kier molecular flexibility index (Phi) is 2.66. The van der Waals surface area contributed by atoms with Gasteiger partial charge < -0.3 is 11.5 Å². The first-order chi connectivity index (χ1) is 7.39. The summed E-state index contributed by atoms with van der Waals surface area (Å²) in [6.45, 7) is 0. The Labute approximate surface area is 96.8 Å². The third kappa shape index (κ3) is 2.04. The van der Waals surface area contributed by atoms with Crippen molar-refractivity contribution in [3.05, 3.63) is 16.9 Å². The van der Waals surface area contributed by atoms with Crippen LogP contribution in [-0.4, -0.2) is 10.9 Å². The van der Waals surface area contributed by atoms with Crippen molar-refractivity contribution < 1.29 is 8.78 Å². The first kappa shape index (κ1) is 11.4. The van der Waals surface area contributed by atoms with Gasteiger partial charge >= 0.3 is 0 Å². The zero-order valence-electron chi connectivity index (χ0n) is 8.51. The molecule has 1 saturated carbocycles. The lowest BCUT2D eigenvalue weighted by molar-refractivity contribution is 0.00768. The van der Waals surface area contributed by atoms with E-state index < -0.39 is 5.92 Å². The molecule has 1 atom stereocenters. The van der Waals surface area contributed by atoms with E-state index in [4.69, 9.17) is 23.1 Å². The second-order valence-corrected chi connectivity index (χ2v) is 4.52. The molecule has 1 fully saturated rings. The van der Waals surface area contributed by atoms with Crippen LogP contribution in [0.1, 0.15) is 30.9 Å². The van der Waals surface area contributed by atoms with Crippen LogP contribution >= 0.6 is 11.6 Å². The molecule has 0 saturated heterocycles. The average Bonchev–Trinajstić information content (AvgIpc) is 2.52. The van der Waals surface area contributed by atoms with E-state index in [1.54, 1.807) is 0 Å². The summed E-state index contributed by atoms with van der Waals surface area (Å²) in [7, 11) is 0. The lowest BCUT2D eigenvalue weighted by Crippen LogP contribution is -2.11. The van der Waals surface area contributed by atoms with Crippen molar-refractivity contribution in [1.29, 1.82) is 0 Å². The van der Waals surface area contributed by atoms with Crippen molar-refractivity contribution in [2.75, 3.05) is 11.5 Å². The van der Waals surface area contributed by atoms with Crippen molar-refractivity contribution in [1.82, 2.24) is 4.98 Å². The van der Waals surface area contributed by atoms with Gasteiger partial charge in [-0.15, -0.1) is 0 Å². The molecule has 1 unspecified atom stereocenters. The Bertz CT molecular complexity index is 423. The van der Waals surface area contributed by atoms with Gasteiger partial charge in [0.05, 0.1) is 17.1 Å². The van der Waals surface area contributed by atoms with Crippen LogP contribution in [0.2, 0.25) is 5.15 Å². The van der Waals surface area contributed by atoms with E-state index in [-0.39, 0.29) is 29.6 Å². The van der Waals surface area contributed by atoms with Crippen molar-refractivity contribution in [3.8, 4) is 0 Å². The first-order valence-electron chi connectivity index (χ1n) is 4.98. The molecule has 0 amide bonds. The summed E-state index contributed by atoms with van der Waals surface area (Å²) in [5.74, 6) is -2.98. The molecule has 88 valence electrons. The number of nitrogens with two attached hydrogens (primary N) is 2. The quantitative estimate of drug-likeness (QED) is 0.750. The molecule has 1 aliphatic rings. The van der Waals surface area contributed by atoms with Gasteiger partial charge in [-0.25, -0.2) is 13.8 Å². The maximum atomic E-state index is 13.1. The maximum absolute atomic E-state index is 13.1. The fourth-order valence-electron chi connectivity index (χ4n) is 2.06. The summed E-state index contributed by atoms with van der Waals surface area (Å²) in [5, 5.41) is 0.192. The van der Waals surface area contributed by atoms with Crippen LogP contribution in [0, 0.1) is 0 Å². The minimum Gasteiger partial charge on any atom is -0.397 e. The van der Waals surface area contributed by atoms with Crippen molar-refractivity contribution in [2.45, 2.75) is 31.1 Å². The lowest BCUT2D eigenvalue weighted by Gasteiger charge is -2.14. The van der Waals surface area contributed by atoms with E-state index in [1.807, 2.05) is 0 Å². The van der Waals surface area contributed by atoms with Gasteiger partial charge in [-0.2, -0.15) is 0 Å². The molecule has 3 nitrogen and oxygen atoms in total. The molecule has 4 N–H and O–H groups in total. The second-order valence-electron chi connectivity index (χ2n) is 4.13. The van der Waals surface area contributed by atoms with Crippen molar-refractivity contribution >= 4 is 23.0 Å². The van der Waals surface area contributed by atoms with E-state index in [9.17, 15) is 8.78 Å². The predicted molar refractivity (Wildman–Crippen MR) is 59.6 cm³/mol. The normalized spacial score (nSPS) is 23.6. The summed E-state index contributed by atoms with van der Waals surface area (Å²) >= 11 is 5.74. The zero-order chi connectivity index (χ0) is 11.9. The van der Waals surface area contributed by atoms with Crippen LogP contribution in [0.4, 0.5) is 20.2 Å². The summed E-state index contributed by atoms with van der Waals surface area (Å²) in [5.41, 5.74) is 12.3. The molecule has 1 aromatic heterocycles. The number of hydrogen-bond acceptors (Lipinski definition) is 3. The fraction of sp³-hybridized carbons (Fsp3) is 0.500. The number of pyridine rings is 1. The molecule has 1 aromatic rings. The van der Waals surface area contributed by atoms with Crippen molar-refractivity contribution in [2.24, 2.45) is 0 Å². The average molecular weight is 248 g/mol. The minimum absolute atomic E-state index is 0.134. The summed E-state index contributed by atoms with van der Waals surface area (Å²) in [6, 6.07) is 1.42. The van der Waals surface area contributed by atoms with Crippen LogP contribution in [0.25, 0.3) is 0 Å². The van der Waals surface area contributed by atoms with Crippen LogP contribution in [0.5, 0.6) is 0 Å². The minimum atomic E-state index is -2.63. The van der Waals surface area contributed by atoms with E-state index in [2.05, 4.69) is 4.98 Å². The Morgan fingerprint density at radius 3 is 2.69 bits per heavy atom. The number of halogens is 3. The Morgan fingerprint density at radius 2 is 2.12 bits per heavy atom. The molecule has 0 bridgehead atoms. The smallest absolute Gasteiger partial charge is 0.248 e. The molecule has 0 aromatic carbocycles. The summed E-state index contributed by atoms with van der Waals surface area (Å²) in [4.78, 5) is 4.01. The number of nitrogens with zero attached hydrogens (tertiary/aromatic N) is 1. The number of nitrogen functional groups attached to an aromatic ring is 2. The van der Waals surface area contributed by atoms with Gasteiger partial charge in [0, 0.05) is 24.8 Å². The van der Waals surface area contributed by atoms with Crippen LogP contribution in [-0.2, 0) is 0 Å². The molecule has 16 heavy (non-hydrogen) atoms. The van der Waals surface area contributed by atoms with Gasteiger partial charge in [-0.3, -0.25) is 0 Å². The van der Waals surface area contributed by atoms with Crippen LogP contribution in [0.3, 0.4) is 0 Å². The summed E-state index contributed by atoms with van der Waals surface area (Å²) < 4.78 is 26.2. The predicted octanol–water partition coefficient (Wildman–Crippen LogP) is 2.80. The highest BCUT2D eigenvalue weighted by Gasteiger charge is 2.41. The van der Waals surface area contributed by atoms with Gasteiger partial charge in [0.1, 0.15) is 5.15 Å². The van der Waals surface area contributed by atoms with Gasteiger partial charge in [0.15, 0.2) is 0 Å².